The molecule has 3 heteroatoms. The molecule has 0 aliphatic heterocycles. The molecule has 0 heterocycles. The summed E-state index contributed by atoms with van der Waals surface area (Å²) in [6.07, 6.45) is 0. The molecule has 0 rings (SSSR count). The molecule has 0 bridgehead atoms. The normalized spacial score (nSPS) is 14.6. The Hall–Kier alpha value is -0.120. The van der Waals surface area contributed by atoms with Crippen LogP contribution < -0.4 is 5.32 Å². The molecule has 0 amide bonds. The van der Waals surface area contributed by atoms with Crippen LogP contribution in [-0.2, 0) is 4.74 Å². The van der Waals surface area contributed by atoms with Crippen molar-refractivity contribution in [3.63, 3.8) is 0 Å². The van der Waals surface area contributed by atoms with Gasteiger partial charge in [-0.05, 0) is 47.1 Å². The van der Waals surface area contributed by atoms with Crippen LogP contribution in [0.5, 0.6) is 0 Å². The standard InChI is InChI=1S/C14H32N2O/c1-12(2)16(8-9-17-7)11-13(3)10-15-14(4,5)6/h12-13,15H,8-11H2,1-7H3. The number of hydrogen-bond acceptors (Lipinski definition) is 3. The van der Waals surface area contributed by atoms with E-state index in [2.05, 4.69) is 51.8 Å². The van der Waals surface area contributed by atoms with Gasteiger partial charge >= 0.3 is 0 Å². The molecule has 104 valence electrons. The molecule has 0 aromatic carbocycles. The molecular formula is C14H32N2O. The quantitative estimate of drug-likeness (QED) is 0.709. The first-order valence-corrected chi connectivity index (χ1v) is 6.74. The van der Waals surface area contributed by atoms with Gasteiger partial charge in [0.05, 0.1) is 6.61 Å². The van der Waals surface area contributed by atoms with E-state index in [0.717, 1.165) is 26.2 Å². The highest BCUT2D eigenvalue weighted by atomic mass is 16.5. The third kappa shape index (κ3) is 9.57. The molecule has 3 nitrogen and oxygen atoms in total. The zero-order valence-electron chi connectivity index (χ0n) is 12.8. The number of methoxy groups -OCH3 is 1. The van der Waals surface area contributed by atoms with E-state index in [1.54, 1.807) is 7.11 Å². The second-order valence-corrected chi connectivity index (χ2v) is 6.32. The summed E-state index contributed by atoms with van der Waals surface area (Å²) in [6, 6.07) is 0.585. The summed E-state index contributed by atoms with van der Waals surface area (Å²) >= 11 is 0. The van der Waals surface area contributed by atoms with Crippen LogP contribution in [0, 0.1) is 5.92 Å². The molecule has 0 saturated carbocycles. The SMILES string of the molecule is COCCN(CC(C)CNC(C)(C)C)C(C)C. The summed E-state index contributed by atoms with van der Waals surface area (Å²) in [4.78, 5) is 2.48. The van der Waals surface area contributed by atoms with Gasteiger partial charge in [0.1, 0.15) is 0 Å². The van der Waals surface area contributed by atoms with Crippen molar-refractivity contribution in [1.82, 2.24) is 10.2 Å². The van der Waals surface area contributed by atoms with Crippen molar-refractivity contribution in [3.8, 4) is 0 Å². The Balaban J connectivity index is 3.99. The lowest BCUT2D eigenvalue weighted by molar-refractivity contribution is 0.117. The van der Waals surface area contributed by atoms with Crippen molar-refractivity contribution in [3.05, 3.63) is 0 Å². The van der Waals surface area contributed by atoms with E-state index in [4.69, 9.17) is 4.74 Å². The van der Waals surface area contributed by atoms with E-state index in [0.29, 0.717) is 12.0 Å². The molecule has 0 aromatic rings. The van der Waals surface area contributed by atoms with Crippen molar-refractivity contribution in [2.45, 2.75) is 53.1 Å². The molecule has 0 aliphatic carbocycles. The van der Waals surface area contributed by atoms with E-state index < -0.39 is 0 Å². The van der Waals surface area contributed by atoms with E-state index >= 15 is 0 Å². The largest absolute Gasteiger partial charge is 0.383 e. The second-order valence-electron chi connectivity index (χ2n) is 6.32. The Kier molecular flexibility index (Phi) is 8.01. The van der Waals surface area contributed by atoms with Crippen LogP contribution in [-0.4, -0.2) is 49.8 Å². The molecule has 1 unspecified atom stereocenters. The van der Waals surface area contributed by atoms with Crippen molar-refractivity contribution in [1.29, 1.82) is 0 Å². The number of nitrogens with one attached hydrogen (secondary N) is 1. The van der Waals surface area contributed by atoms with Gasteiger partial charge in [-0.2, -0.15) is 0 Å². The highest BCUT2D eigenvalue weighted by molar-refractivity contribution is 4.74. The lowest BCUT2D eigenvalue weighted by atomic mass is 10.1. The lowest BCUT2D eigenvalue weighted by Crippen LogP contribution is -2.43. The van der Waals surface area contributed by atoms with Crippen molar-refractivity contribution in [2.24, 2.45) is 5.92 Å². The van der Waals surface area contributed by atoms with Gasteiger partial charge in [0, 0.05) is 31.8 Å². The highest BCUT2D eigenvalue weighted by Gasteiger charge is 2.15. The summed E-state index contributed by atoms with van der Waals surface area (Å²) in [5.41, 5.74) is 0.212. The third-order valence-electron chi connectivity index (χ3n) is 2.84. The monoisotopic (exact) mass is 244 g/mol. The molecule has 0 radical (unpaired) electrons. The predicted molar refractivity (Wildman–Crippen MR) is 75.5 cm³/mol. The van der Waals surface area contributed by atoms with Gasteiger partial charge < -0.3 is 10.1 Å². The van der Waals surface area contributed by atoms with Crippen molar-refractivity contribution < 1.29 is 4.74 Å². The van der Waals surface area contributed by atoms with E-state index in [1.807, 2.05) is 0 Å². The van der Waals surface area contributed by atoms with Crippen LogP contribution in [0.4, 0.5) is 0 Å². The molecule has 0 spiro atoms. The van der Waals surface area contributed by atoms with Gasteiger partial charge in [0.2, 0.25) is 0 Å². The predicted octanol–water partition coefficient (Wildman–Crippen LogP) is 2.37. The topological polar surface area (TPSA) is 24.5 Å². The summed E-state index contributed by atoms with van der Waals surface area (Å²) in [7, 11) is 1.77. The molecular weight excluding hydrogens is 212 g/mol. The van der Waals surface area contributed by atoms with Crippen LogP contribution in [0.3, 0.4) is 0 Å². The van der Waals surface area contributed by atoms with Gasteiger partial charge in [0.25, 0.3) is 0 Å². The summed E-state index contributed by atoms with van der Waals surface area (Å²) in [6.45, 7) is 17.5. The van der Waals surface area contributed by atoms with Gasteiger partial charge in [-0.1, -0.05) is 6.92 Å². The highest BCUT2D eigenvalue weighted by Crippen LogP contribution is 2.06. The van der Waals surface area contributed by atoms with Crippen molar-refractivity contribution in [2.75, 3.05) is 33.4 Å². The van der Waals surface area contributed by atoms with Crippen LogP contribution in [0.1, 0.15) is 41.5 Å². The second kappa shape index (κ2) is 8.06. The Morgan fingerprint density at radius 1 is 1.18 bits per heavy atom. The Morgan fingerprint density at radius 2 is 1.76 bits per heavy atom. The minimum atomic E-state index is 0.212. The summed E-state index contributed by atoms with van der Waals surface area (Å²) in [5.74, 6) is 0.661. The molecule has 0 aromatic heterocycles. The maximum Gasteiger partial charge on any atom is 0.0589 e. The molecule has 1 atom stereocenters. The minimum Gasteiger partial charge on any atom is -0.383 e. The number of ether oxygens (including phenoxy) is 1. The van der Waals surface area contributed by atoms with Crippen LogP contribution in [0.2, 0.25) is 0 Å². The van der Waals surface area contributed by atoms with E-state index in [-0.39, 0.29) is 5.54 Å². The lowest BCUT2D eigenvalue weighted by Gasteiger charge is -2.30. The fourth-order valence-electron chi connectivity index (χ4n) is 1.71. The molecule has 0 fully saturated rings. The van der Waals surface area contributed by atoms with Crippen LogP contribution >= 0.6 is 0 Å². The van der Waals surface area contributed by atoms with E-state index in [9.17, 15) is 0 Å². The van der Waals surface area contributed by atoms with Crippen molar-refractivity contribution >= 4 is 0 Å². The van der Waals surface area contributed by atoms with Crippen LogP contribution in [0.25, 0.3) is 0 Å². The number of nitrogens with zero attached hydrogens (tertiary/aromatic N) is 1. The smallest absolute Gasteiger partial charge is 0.0589 e. The summed E-state index contributed by atoms with van der Waals surface area (Å²) in [5, 5.41) is 3.56. The Labute approximate surface area is 108 Å². The summed E-state index contributed by atoms with van der Waals surface area (Å²) < 4.78 is 5.16. The fourth-order valence-corrected chi connectivity index (χ4v) is 1.71. The van der Waals surface area contributed by atoms with Gasteiger partial charge in [-0.25, -0.2) is 0 Å². The zero-order chi connectivity index (χ0) is 13.5. The number of rotatable bonds is 8. The minimum absolute atomic E-state index is 0.212. The Bertz CT molecular complexity index is 187. The maximum atomic E-state index is 5.16. The zero-order valence-corrected chi connectivity index (χ0v) is 12.8. The molecule has 1 N–H and O–H groups in total. The van der Waals surface area contributed by atoms with E-state index in [1.165, 1.54) is 0 Å². The molecule has 17 heavy (non-hydrogen) atoms. The fraction of sp³-hybridized carbons (Fsp3) is 1.00. The Morgan fingerprint density at radius 3 is 2.18 bits per heavy atom. The first-order chi connectivity index (χ1) is 7.76. The maximum absolute atomic E-state index is 5.16. The third-order valence-corrected chi connectivity index (χ3v) is 2.84. The average Bonchev–Trinajstić information content (AvgIpc) is 2.19. The first kappa shape index (κ1) is 16.9. The molecule has 0 aliphatic rings. The van der Waals surface area contributed by atoms with Gasteiger partial charge in [0.15, 0.2) is 0 Å². The van der Waals surface area contributed by atoms with Crippen LogP contribution in [0.15, 0.2) is 0 Å². The van der Waals surface area contributed by atoms with Gasteiger partial charge in [-0.3, -0.25) is 4.90 Å². The average molecular weight is 244 g/mol. The van der Waals surface area contributed by atoms with Gasteiger partial charge in [-0.15, -0.1) is 0 Å². The molecule has 0 saturated heterocycles. The first-order valence-electron chi connectivity index (χ1n) is 6.74. The number of hydrogen-bond donors (Lipinski definition) is 1.